The van der Waals surface area contributed by atoms with Crippen molar-refractivity contribution in [1.29, 1.82) is 0 Å². The number of aryl methyl sites for hydroxylation is 1. The van der Waals surface area contributed by atoms with Crippen LogP contribution in [-0.2, 0) is 11.3 Å². The molecule has 0 bridgehead atoms. The van der Waals surface area contributed by atoms with Gasteiger partial charge in [-0.2, -0.15) is 0 Å². The van der Waals surface area contributed by atoms with Gasteiger partial charge in [0, 0.05) is 25.7 Å². The summed E-state index contributed by atoms with van der Waals surface area (Å²) in [5, 5.41) is 3.69. The number of fused-ring (bicyclic) bond motifs is 1. The first-order valence-electron chi connectivity index (χ1n) is 9.07. The molecule has 2 aliphatic rings. The lowest BCUT2D eigenvalue weighted by Gasteiger charge is -2.25. The van der Waals surface area contributed by atoms with Crippen LogP contribution < -0.4 is 5.32 Å². The lowest BCUT2D eigenvalue weighted by atomic mass is 10.0. The van der Waals surface area contributed by atoms with Gasteiger partial charge in [-0.3, -0.25) is 0 Å². The van der Waals surface area contributed by atoms with E-state index in [4.69, 9.17) is 4.74 Å². The Morgan fingerprint density at radius 3 is 2.29 bits per heavy atom. The molecule has 1 N–H and O–H groups in total. The maximum atomic E-state index is 12.2. The highest BCUT2D eigenvalue weighted by molar-refractivity contribution is 5.68. The topological polar surface area (TPSA) is 41.6 Å². The Hall–Kier alpha value is -1.55. The number of nitrogens with one attached hydrogen (secondary N) is 1. The molecule has 3 atom stereocenters. The van der Waals surface area contributed by atoms with Gasteiger partial charge >= 0.3 is 6.09 Å². The summed E-state index contributed by atoms with van der Waals surface area (Å²) in [5.41, 5.74) is 2.23. The second-order valence-corrected chi connectivity index (χ2v) is 8.44. The molecule has 4 nitrogen and oxygen atoms in total. The molecule has 1 amide bonds. The highest BCUT2D eigenvalue weighted by Gasteiger charge is 2.43. The molecular weight excluding hydrogens is 300 g/mol. The summed E-state index contributed by atoms with van der Waals surface area (Å²) in [6.07, 6.45) is 2.17. The number of benzene rings is 1. The average Bonchev–Trinajstić information content (AvgIpc) is 3.03. The van der Waals surface area contributed by atoms with E-state index in [2.05, 4.69) is 36.5 Å². The van der Waals surface area contributed by atoms with Crippen LogP contribution in [0.15, 0.2) is 24.3 Å². The van der Waals surface area contributed by atoms with E-state index in [-0.39, 0.29) is 6.09 Å². The summed E-state index contributed by atoms with van der Waals surface area (Å²) < 4.78 is 5.50. The molecule has 1 heterocycles. The molecule has 2 fully saturated rings. The van der Waals surface area contributed by atoms with Crippen LogP contribution in [0.5, 0.6) is 0 Å². The molecule has 1 aliphatic heterocycles. The zero-order valence-electron chi connectivity index (χ0n) is 15.3. The van der Waals surface area contributed by atoms with Crippen molar-refractivity contribution in [1.82, 2.24) is 10.2 Å². The van der Waals surface area contributed by atoms with Crippen LogP contribution in [0, 0.1) is 18.8 Å². The molecule has 0 aromatic heterocycles. The minimum atomic E-state index is -0.410. The summed E-state index contributed by atoms with van der Waals surface area (Å²) in [6, 6.07) is 9.30. The van der Waals surface area contributed by atoms with Gasteiger partial charge in [0.15, 0.2) is 0 Å². The minimum Gasteiger partial charge on any atom is -0.444 e. The average molecular weight is 330 g/mol. The molecule has 1 aromatic rings. The number of amides is 1. The van der Waals surface area contributed by atoms with Crippen molar-refractivity contribution in [2.24, 2.45) is 11.8 Å². The number of nitrogens with zero attached hydrogens (tertiary/aromatic N) is 1. The van der Waals surface area contributed by atoms with E-state index in [1.165, 1.54) is 11.1 Å². The Kier molecular flexibility index (Phi) is 4.86. The third-order valence-electron chi connectivity index (χ3n) is 5.12. The lowest BCUT2D eigenvalue weighted by Crippen LogP contribution is -2.37. The summed E-state index contributed by atoms with van der Waals surface area (Å²) >= 11 is 0. The fraction of sp³-hybridized carbons (Fsp3) is 0.650. The van der Waals surface area contributed by atoms with Gasteiger partial charge in [0.25, 0.3) is 0 Å². The van der Waals surface area contributed by atoms with E-state index in [0.29, 0.717) is 17.9 Å². The first kappa shape index (κ1) is 17.3. The van der Waals surface area contributed by atoms with Crippen molar-refractivity contribution in [3.63, 3.8) is 0 Å². The van der Waals surface area contributed by atoms with Crippen LogP contribution in [0.25, 0.3) is 0 Å². The van der Waals surface area contributed by atoms with E-state index in [9.17, 15) is 4.79 Å². The number of hydrogen-bond donors (Lipinski definition) is 1. The number of carbonyl (C=O) groups excluding carboxylic acids is 1. The smallest absolute Gasteiger partial charge is 0.410 e. The van der Waals surface area contributed by atoms with Crippen molar-refractivity contribution in [3.05, 3.63) is 35.4 Å². The second-order valence-electron chi connectivity index (χ2n) is 8.44. The monoisotopic (exact) mass is 330 g/mol. The van der Waals surface area contributed by atoms with Gasteiger partial charge in [0.1, 0.15) is 5.60 Å². The molecule has 1 aliphatic carbocycles. The third kappa shape index (κ3) is 4.29. The number of ether oxygens (including phenoxy) is 1. The maximum Gasteiger partial charge on any atom is 0.410 e. The Morgan fingerprint density at radius 2 is 1.75 bits per heavy atom. The van der Waals surface area contributed by atoms with Crippen LogP contribution in [0.1, 0.15) is 44.7 Å². The van der Waals surface area contributed by atoms with Crippen LogP contribution in [-0.4, -0.2) is 35.7 Å². The van der Waals surface area contributed by atoms with Crippen LogP contribution in [0.4, 0.5) is 4.79 Å². The fourth-order valence-electron chi connectivity index (χ4n) is 3.91. The molecule has 1 saturated carbocycles. The molecule has 0 radical (unpaired) electrons. The molecule has 132 valence electrons. The highest BCUT2D eigenvalue weighted by Crippen LogP contribution is 2.38. The Labute approximate surface area is 145 Å². The van der Waals surface area contributed by atoms with Gasteiger partial charge in [-0.05, 0) is 57.9 Å². The molecule has 1 saturated heterocycles. The van der Waals surface area contributed by atoms with Crippen LogP contribution >= 0.6 is 0 Å². The molecule has 0 spiro atoms. The van der Waals surface area contributed by atoms with Gasteiger partial charge in [-0.1, -0.05) is 29.8 Å². The Bertz CT molecular complexity index is 562. The van der Waals surface area contributed by atoms with Crippen molar-refractivity contribution >= 4 is 6.09 Å². The Balaban J connectivity index is 1.45. The predicted octanol–water partition coefficient (Wildman–Crippen LogP) is 3.73. The number of hydrogen-bond acceptors (Lipinski definition) is 3. The lowest BCUT2D eigenvalue weighted by molar-refractivity contribution is 0.0279. The maximum absolute atomic E-state index is 12.2. The van der Waals surface area contributed by atoms with Crippen LogP contribution in [0.2, 0.25) is 0 Å². The van der Waals surface area contributed by atoms with Gasteiger partial charge in [0.05, 0.1) is 0 Å². The molecular formula is C20H30N2O2. The minimum absolute atomic E-state index is 0.152. The van der Waals surface area contributed by atoms with Gasteiger partial charge in [-0.15, -0.1) is 0 Å². The highest BCUT2D eigenvalue weighted by atomic mass is 16.6. The molecule has 4 heteroatoms. The van der Waals surface area contributed by atoms with Crippen molar-refractivity contribution in [3.8, 4) is 0 Å². The molecule has 1 aromatic carbocycles. The first-order chi connectivity index (χ1) is 11.3. The van der Waals surface area contributed by atoms with E-state index in [1.807, 2.05) is 25.7 Å². The third-order valence-corrected chi connectivity index (χ3v) is 5.12. The van der Waals surface area contributed by atoms with E-state index < -0.39 is 5.60 Å². The normalized spacial score (nSPS) is 26.5. The number of likely N-dealkylation sites (tertiary alicyclic amines) is 1. The van der Waals surface area contributed by atoms with E-state index in [0.717, 1.165) is 32.5 Å². The Morgan fingerprint density at radius 1 is 1.17 bits per heavy atom. The van der Waals surface area contributed by atoms with Crippen LogP contribution in [0.3, 0.4) is 0 Å². The summed E-state index contributed by atoms with van der Waals surface area (Å²) in [6.45, 7) is 10.5. The standard InChI is InChI=1S/C20H30N2O2/c1-14-5-7-15(8-6-14)11-21-18-9-16-12-22(13-17(16)10-18)19(23)24-20(2,3)4/h5-8,16-18,21H,9-13H2,1-4H3/t16-,17+,18?. The van der Waals surface area contributed by atoms with Gasteiger partial charge in [0.2, 0.25) is 0 Å². The van der Waals surface area contributed by atoms with Crippen molar-refractivity contribution in [2.45, 2.75) is 58.7 Å². The zero-order valence-corrected chi connectivity index (χ0v) is 15.3. The summed E-state index contributed by atoms with van der Waals surface area (Å²) in [4.78, 5) is 14.1. The molecule has 3 rings (SSSR count). The second kappa shape index (κ2) is 6.75. The number of rotatable bonds is 3. The van der Waals surface area contributed by atoms with E-state index >= 15 is 0 Å². The molecule has 1 unspecified atom stereocenters. The van der Waals surface area contributed by atoms with Gasteiger partial charge in [-0.25, -0.2) is 4.79 Å². The van der Waals surface area contributed by atoms with Gasteiger partial charge < -0.3 is 15.0 Å². The summed E-state index contributed by atoms with van der Waals surface area (Å²) in [7, 11) is 0. The number of carbonyl (C=O) groups is 1. The van der Waals surface area contributed by atoms with Crippen molar-refractivity contribution in [2.75, 3.05) is 13.1 Å². The fourth-order valence-corrected chi connectivity index (χ4v) is 3.91. The predicted molar refractivity (Wildman–Crippen MR) is 95.8 cm³/mol. The summed E-state index contributed by atoms with van der Waals surface area (Å²) in [5.74, 6) is 1.24. The van der Waals surface area contributed by atoms with Crippen molar-refractivity contribution < 1.29 is 9.53 Å². The zero-order chi connectivity index (χ0) is 17.3. The first-order valence-corrected chi connectivity index (χ1v) is 9.07. The van der Waals surface area contributed by atoms with E-state index in [1.54, 1.807) is 0 Å². The largest absolute Gasteiger partial charge is 0.444 e. The SMILES string of the molecule is Cc1ccc(CNC2C[C@@H]3CN(C(=O)OC(C)(C)C)C[C@@H]3C2)cc1. The molecule has 24 heavy (non-hydrogen) atoms. The quantitative estimate of drug-likeness (QED) is 0.918.